The first-order valence-electron chi connectivity index (χ1n) is 7.97. The predicted octanol–water partition coefficient (Wildman–Crippen LogP) is 3.18. The lowest BCUT2D eigenvalue weighted by molar-refractivity contribution is -0.112. The lowest BCUT2D eigenvalue weighted by atomic mass is 10.1. The molecule has 25 heavy (non-hydrogen) atoms. The zero-order valence-corrected chi connectivity index (χ0v) is 14.4. The minimum Gasteiger partial charge on any atom is -0.496 e. The Kier molecular flexibility index (Phi) is 6.61. The van der Waals surface area contributed by atoms with E-state index >= 15 is 0 Å². The molecule has 0 aliphatic heterocycles. The van der Waals surface area contributed by atoms with E-state index in [9.17, 15) is 10.1 Å². The summed E-state index contributed by atoms with van der Waals surface area (Å²) in [4.78, 5) is 12.1. The SMILES string of the molecule is COc1ccccc1CCN/C=C(/C#N)C(=O)Nc1ccc(C)cc1. The van der Waals surface area contributed by atoms with Crippen LogP contribution in [0, 0.1) is 18.3 Å². The van der Waals surface area contributed by atoms with Gasteiger partial charge in [-0.15, -0.1) is 0 Å². The van der Waals surface area contributed by atoms with E-state index in [1.54, 1.807) is 19.2 Å². The number of nitrogens with one attached hydrogen (secondary N) is 2. The van der Waals surface area contributed by atoms with Crippen molar-refractivity contribution >= 4 is 11.6 Å². The summed E-state index contributed by atoms with van der Waals surface area (Å²) in [6.45, 7) is 2.56. The van der Waals surface area contributed by atoms with Gasteiger partial charge in [0.25, 0.3) is 5.91 Å². The summed E-state index contributed by atoms with van der Waals surface area (Å²) in [5.41, 5.74) is 2.85. The third-order valence-corrected chi connectivity index (χ3v) is 3.65. The second-order valence-electron chi connectivity index (χ2n) is 5.51. The van der Waals surface area contributed by atoms with E-state index in [4.69, 9.17) is 4.74 Å². The van der Waals surface area contributed by atoms with Crippen molar-refractivity contribution in [1.29, 1.82) is 5.26 Å². The van der Waals surface area contributed by atoms with Crippen LogP contribution in [-0.2, 0) is 11.2 Å². The van der Waals surface area contributed by atoms with Crippen molar-refractivity contribution in [1.82, 2.24) is 5.32 Å². The fourth-order valence-electron chi connectivity index (χ4n) is 2.27. The average molecular weight is 335 g/mol. The summed E-state index contributed by atoms with van der Waals surface area (Å²) < 4.78 is 5.30. The molecule has 1 amide bonds. The summed E-state index contributed by atoms with van der Waals surface area (Å²) in [5, 5.41) is 14.9. The summed E-state index contributed by atoms with van der Waals surface area (Å²) in [6.07, 6.45) is 2.16. The van der Waals surface area contributed by atoms with Crippen LogP contribution >= 0.6 is 0 Å². The van der Waals surface area contributed by atoms with E-state index in [0.717, 1.165) is 23.3 Å². The number of hydrogen-bond acceptors (Lipinski definition) is 4. The lowest BCUT2D eigenvalue weighted by Crippen LogP contribution is -2.18. The molecule has 0 fully saturated rings. The molecule has 0 aliphatic carbocycles. The number of ether oxygens (including phenoxy) is 1. The summed E-state index contributed by atoms with van der Waals surface area (Å²) in [6, 6.07) is 17.1. The second-order valence-corrected chi connectivity index (χ2v) is 5.51. The van der Waals surface area contributed by atoms with Gasteiger partial charge in [-0.2, -0.15) is 5.26 Å². The standard InChI is InChI=1S/C20H21N3O2/c1-15-7-9-18(10-8-15)23-20(24)17(13-21)14-22-12-11-16-5-3-4-6-19(16)25-2/h3-10,14,22H,11-12H2,1-2H3,(H,23,24)/b17-14-. The van der Waals surface area contributed by atoms with Crippen LogP contribution in [0.15, 0.2) is 60.3 Å². The van der Waals surface area contributed by atoms with E-state index in [1.165, 1.54) is 6.20 Å². The average Bonchev–Trinajstić information content (AvgIpc) is 2.64. The van der Waals surface area contributed by atoms with E-state index in [1.807, 2.05) is 49.4 Å². The number of para-hydroxylation sites is 1. The van der Waals surface area contributed by atoms with E-state index in [0.29, 0.717) is 12.2 Å². The first-order valence-corrected chi connectivity index (χ1v) is 7.97. The minimum absolute atomic E-state index is 0.0283. The topological polar surface area (TPSA) is 74.1 Å². The van der Waals surface area contributed by atoms with Crippen molar-refractivity contribution in [3.8, 4) is 11.8 Å². The van der Waals surface area contributed by atoms with Gasteiger partial charge in [0.15, 0.2) is 0 Å². The maximum absolute atomic E-state index is 12.1. The molecule has 0 saturated carbocycles. The van der Waals surface area contributed by atoms with Gasteiger partial charge < -0.3 is 15.4 Å². The highest BCUT2D eigenvalue weighted by Gasteiger charge is 2.09. The molecule has 5 heteroatoms. The Hall–Kier alpha value is -3.26. The normalized spacial score (nSPS) is 10.7. The number of methoxy groups -OCH3 is 1. The highest BCUT2D eigenvalue weighted by molar-refractivity contribution is 6.06. The molecule has 2 N–H and O–H groups in total. The maximum atomic E-state index is 12.1. The molecule has 0 saturated heterocycles. The Morgan fingerprint density at radius 1 is 1.20 bits per heavy atom. The van der Waals surface area contributed by atoms with Crippen LogP contribution in [0.3, 0.4) is 0 Å². The highest BCUT2D eigenvalue weighted by atomic mass is 16.5. The summed E-state index contributed by atoms with van der Waals surface area (Å²) in [7, 11) is 1.63. The monoisotopic (exact) mass is 335 g/mol. The molecule has 2 aromatic carbocycles. The largest absolute Gasteiger partial charge is 0.496 e. The summed E-state index contributed by atoms with van der Waals surface area (Å²) in [5.74, 6) is 0.391. The van der Waals surface area contributed by atoms with Crippen LogP contribution in [0.2, 0.25) is 0 Å². The molecule has 0 unspecified atom stereocenters. The van der Waals surface area contributed by atoms with E-state index in [-0.39, 0.29) is 5.57 Å². The third kappa shape index (κ3) is 5.40. The molecule has 2 aromatic rings. The molecule has 0 spiro atoms. The number of anilines is 1. The van der Waals surface area contributed by atoms with Gasteiger partial charge in [-0.05, 0) is 37.1 Å². The first-order chi connectivity index (χ1) is 12.1. The van der Waals surface area contributed by atoms with E-state index in [2.05, 4.69) is 10.6 Å². The molecule has 5 nitrogen and oxygen atoms in total. The van der Waals surface area contributed by atoms with Crippen molar-refractivity contribution in [3.05, 3.63) is 71.4 Å². The molecule has 2 rings (SSSR count). The van der Waals surface area contributed by atoms with Crippen molar-refractivity contribution in [2.24, 2.45) is 0 Å². The summed E-state index contributed by atoms with van der Waals surface area (Å²) >= 11 is 0. The van der Waals surface area contributed by atoms with Crippen LogP contribution in [0.4, 0.5) is 5.69 Å². The molecule has 0 atom stereocenters. The number of nitriles is 1. The second kappa shape index (κ2) is 9.14. The smallest absolute Gasteiger partial charge is 0.267 e. The number of nitrogens with zero attached hydrogens (tertiary/aromatic N) is 1. The number of carbonyl (C=O) groups excluding carboxylic acids is 1. The van der Waals surface area contributed by atoms with Crippen molar-refractivity contribution in [2.45, 2.75) is 13.3 Å². The predicted molar refractivity (Wildman–Crippen MR) is 98.2 cm³/mol. The van der Waals surface area contributed by atoms with Crippen LogP contribution in [0.5, 0.6) is 5.75 Å². The molecule has 0 radical (unpaired) electrons. The number of aryl methyl sites for hydroxylation is 1. The van der Waals surface area contributed by atoms with Crippen LogP contribution in [-0.4, -0.2) is 19.6 Å². The number of rotatable bonds is 7. The fourth-order valence-corrected chi connectivity index (χ4v) is 2.27. The molecule has 0 heterocycles. The fraction of sp³-hybridized carbons (Fsp3) is 0.200. The third-order valence-electron chi connectivity index (χ3n) is 3.65. The Labute approximate surface area is 147 Å². The minimum atomic E-state index is -0.434. The Morgan fingerprint density at radius 2 is 1.92 bits per heavy atom. The molecular formula is C20H21N3O2. The molecule has 0 aliphatic rings. The molecular weight excluding hydrogens is 314 g/mol. The van der Waals surface area contributed by atoms with Crippen molar-refractivity contribution in [2.75, 3.05) is 19.0 Å². The Bertz CT molecular complexity index is 789. The Balaban J connectivity index is 1.90. The zero-order valence-electron chi connectivity index (χ0n) is 14.4. The first kappa shape index (κ1) is 18.1. The van der Waals surface area contributed by atoms with Gasteiger partial charge >= 0.3 is 0 Å². The van der Waals surface area contributed by atoms with Gasteiger partial charge in [0.1, 0.15) is 17.4 Å². The van der Waals surface area contributed by atoms with Crippen molar-refractivity contribution < 1.29 is 9.53 Å². The number of benzene rings is 2. The molecule has 128 valence electrons. The van der Waals surface area contributed by atoms with Gasteiger partial charge in [0, 0.05) is 18.4 Å². The Morgan fingerprint density at radius 3 is 2.60 bits per heavy atom. The van der Waals surface area contributed by atoms with Gasteiger partial charge in [-0.25, -0.2) is 0 Å². The number of hydrogen-bond donors (Lipinski definition) is 2. The quantitative estimate of drug-likeness (QED) is 0.463. The van der Waals surface area contributed by atoms with Gasteiger partial charge in [0.05, 0.1) is 7.11 Å². The number of carbonyl (C=O) groups is 1. The molecule has 0 bridgehead atoms. The maximum Gasteiger partial charge on any atom is 0.267 e. The van der Waals surface area contributed by atoms with Crippen molar-refractivity contribution in [3.63, 3.8) is 0 Å². The van der Waals surface area contributed by atoms with Crippen LogP contribution < -0.4 is 15.4 Å². The van der Waals surface area contributed by atoms with Crippen LogP contribution in [0.25, 0.3) is 0 Å². The lowest BCUT2D eigenvalue weighted by Gasteiger charge is -2.08. The zero-order chi connectivity index (χ0) is 18.1. The van der Waals surface area contributed by atoms with Gasteiger partial charge in [-0.1, -0.05) is 35.9 Å². The van der Waals surface area contributed by atoms with Gasteiger partial charge in [0.2, 0.25) is 0 Å². The highest BCUT2D eigenvalue weighted by Crippen LogP contribution is 2.17. The number of amides is 1. The van der Waals surface area contributed by atoms with Gasteiger partial charge in [-0.3, -0.25) is 4.79 Å². The van der Waals surface area contributed by atoms with Crippen LogP contribution in [0.1, 0.15) is 11.1 Å². The van der Waals surface area contributed by atoms with E-state index < -0.39 is 5.91 Å². The molecule has 0 aromatic heterocycles.